The fourth-order valence-corrected chi connectivity index (χ4v) is 6.13. The second-order valence-electron chi connectivity index (χ2n) is 7.96. The van der Waals surface area contributed by atoms with E-state index < -0.39 is 0 Å². The van der Waals surface area contributed by atoms with E-state index in [0.29, 0.717) is 0 Å². The van der Waals surface area contributed by atoms with E-state index in [1.165, 1.54) is 81.5 Å². The summed E-state index contributed by atoms with van der Waals surface area (Å²) in [6.07, 6.45) is 17.1. The first-order chi connectivity index (χ1) is 10.8. The first-order valence-corrected chi connectivity index (χ1v) is 10.5. The van der Waals surface area contributed by atoms with Gasteiger partial charge < -0.3 is 0 Å². The second kappa shape index (κ2) is 6.67. The average molecular weight is 361 g/mol. The van der Waals surface area contributed by atoms with Crippen molar-refractivity contribution in [1.29, 1.82) is 0 Å². The highest BCUT2D eigenvalue weighted by molar-refractivity contribution is 9.10. The van der Waals surface area contributed by atoms with E-state index in [4.69, 9.17) is 0 Å². The van der Waals surface area contributed by atoms with Crippen LogP contribution in [0.15, 0.2) is 16.6 Å². The van der Waals surface area contributed by atoms with Crippen molar-refractivity contribution in [3.63, 3.8) is 0 Å². The number of hydrogen-bond acceptors (Lipinski definition) is 0. The number of benzene rings is 1. The lowest BCUT2D eigenvalue weighted by Crippen LogP contribution is -2.05. The fraction of sp³-hybridized carbons (Fsp3) is 0.714. The van der Waals surface area contributed by atoms with Crippen molar-refractivity contribution in [2.24, 2.45) is 0 Å². The van der Waals surface area contributed by atoms with E-state index in [0.717, 1.165) is 17.8 Å². The molecule has 4 rings (SSSR count). The Morgan fingerprint density at radius 2 is 0.955 bits per heavy atom. The van der Waals surface area contributed by atoms with Crippen molar-refractivity contribution in [1.82, 2.24) is 0 Å². The summed E-state index contributed by atoms with van der Waals surface area (Å²) in [6.45, 7) is 0. The second-order valence-corrected chi connectivity index (χ2v) is 8.75. The summed E-state index contributed by atoms with van der Waals surface area (Å²) >= 11 is 4.04. The van der Waals surface area contributed by atoms with Gasteiger partial charge in [0.2, 0.25) is 0 Å². The Morgan fingerprint density at radius 1 is 0.591 bits per heavy atom. The molecule has 0 aliphatic heterocycles. The Kier molecular flexibility index (Phi) is 4.62. The van der Waals surface area contributed by atoms with E-state index in [1.807, 2.05) is 0 Å². The smallest absolute Gasteiger partial charge is 0.0245 e. The molecule has 0 nitrogen and oxygen atoms in total. The van der Waals surface area contributed by atoms with E-state index >= 15 is 0 Å². The zero-order valence-electron chi connectivity index (χ0n) is 13.7. The van der Waals surface area contributed by atoms with Crippen molar-refractivity contribution in [3.05, 3.63) is 33.3 Å². The van der Waals surface area contributed by atoms with Gasteiger partial charge >= 0.3 is 0 Å². The minimum atomic E-state index is 0.830. The minimum absolute atomic E-state index is 0.830. The summed E-state index contributed by atoms with van der Waals surface area (Å²) in [7, 11) is 0. The maximum Gasteiger partial charge on any atom is 0.0245 e. The predicted octanol–water partition coefficient (Wildman–Crippen LogP) is 7.42. The van der Waals surface area contributed by atoms with Crippen LogP contribution >= 0.6 is 15.9 Å². The van der Waals surface area contributed by atoms with Crippen molar-refractivity contribution in [3.8, 4) is 0 Å². The van der Waals surface area contributed by atoms with Crippen LogP contribution in [-0.4, -0.2) is 0 Å². The maximum atomic E-state index is 4.04. The molecule has 0 unspecified atom stereocenters. The highest BCUT2D eigenvalue weighted by atomic mass is 79.9. The van der Waals surface area contributed by atoms with Gasteiger partial charge in [0.1, 0.15) is 0 Å². The van der Waals surface area contributed by atoms with Gasteiger partial charge in [0, 0.05) is 4.47 Å². The van der Waals surface area contributed by atoms with Crippen LogP contribution in [-0.2, 0) is 0 Å². The lowest BCUT2D eigenvalue weighted by molar-refractivity contribution is 0.673. The average Bonchev–Trinajstić information content (AvgIpc) is 3.29. The molecule has 0 amide bonds. The molecule has 1 aromatic carbocycles. The van der Waals surface area contributed by atoms with Crippen LogP contribution in [0.3, 0.4) is 0 Å². The maximum absolute atomic E-state index is 4.04. The lowest BCUT2D eigenvalue weighted by atomic mass is 9.85. The molecule has 0 spiro atoms. The summed E-state index contributed by atoms with van der Waals surface area (Å²) in [5.41, 5.74) is 5.03. The molecular weight excluding hydrogens is 332 g/mol. The van der Waals surface area contributed by atoms with Gasteiger partial charge in [-0.1, -0.05) is 66.6 Å². The molecule has 0 atom stereocenters. The van der Waals surface area contributed by atoms with Crippen LogP contribution in [0.5, 0.6) is 0 Å². The Bertz CT molecular complexity index is 478. The quantitative estimate of drug-likeness (QED) is 0.525. The van der Waals surface area contributed by atoms with Gasteiger partial charge in [0.25, 0.3) is 0 Å². The number of halogens is 1. The molecule has 0 radical (unpaired) electrons. The molecule has 120 valence electrons. The largest absolute Gasteiger partial charge is 0.0541 e. The van der Waals surface area contributed by atoms with Gasteiger partial charge in [0.05, 0.1) is 0 Å². The fourth-order valence-electron chi connectivity index (χ4n) is 5.26. The van der Waals surface area contributed by atoms with Gasteiger partial charge in [-0.05, 0) is 73.0 Å². The molecule has 0 aromatic heterocycles. The van der Waals surface area contributed by atoms with Gasteiger partial charge in [-0.15, -0.1) is 0 Å². The van der Waals surface area contributed by atoms with E-state index in [2.05, 4.69) is 28.1 Å². The SMILES string of the molecule is Brc1c(C2CCCC2)cc(C2CCCC2)cc1C1CCCC1. The van der Waals surface area contributed by atoms with Crippen LogP contribution < -0.4 is 0 Å². The summed E-state index contributed by atoms with van der Waals surface area (Å²) in [6, 6.07) is 5.21. The molecular formula is C21H29Br. The van der Waals surface area contributed by atoms with Crippen LogP contribution in [0.4, 0.5) is 0 Å². The first-order valence-electron chi connectivity index (χ1n) is 9.66. The Morgan fingerprint density at radius 3 is 1.36 bits per heavy atom. The van der Waals surface area contributed by atoms with Crippen LogP contribution in [0.25, 0.3) is 0 Å². The molecule has 3 aliphatic carbocycles. The van der Waals surface area contributed by atoms with Gasteiger partial charge in [-0.3, -0.25) is 0 Å². The summed E-state index contributed by atoms with van der Waals surface area (Å²) < 4.78 is 1.49. The lowest BCUT2D eigenvalue weighted by Gasteiger charge is -2.23. The van der Waals surface area contributed by atoms with Crippen molar-refractivity contribution in [2.45, 2.75) is 94.8 Å². The summed E-state index contributed by atoms with van der Waals surface area (Å²) in [5, 5.41) is 0. The zero-order chi connectivity index (χ0) is 14.9. The third kappa shape index (κ3) is 2.90. The minimum Gasteiger partial charge on any atom is -0.0541 e. The van der Waals surface area contributed by atoms with Gasteiger partial charge in [-0.2, -0.15) is 0 Å². The molecule has 22 heavy (non-hydrogen) atoms. The summed E-state index contributed by atoms with van der Waals surface area (Å²) in [4.78, 5) is 0. The molecule has 0 bridgehead atoms. The van der Waals surface area contributed by atoms with Crippen molar-refractivity contribution in [2.75, 3.05) is 0 Å². The zero-order valence-corrected chi connectivity index (χ0v) is 15.3. The molecule has 0 heterocycles. The van der Waals surface area contributed by atoms with Crippen LogP contribution in [0.2, 0.25) is 0 Å². The van der Waals surface area contributed by atoms with Crippen molar-refractivity contribution < 1.29 is 0 Å². The molecule has 3 saturated carbocycles. The van der Waals surface area contributed by atoms with E-state index in [9.17, 15) is 0 Å². The molecule has 0 saturated heterocycles. The molecule has 3 fully saturated rings. The Hall–Kier alpha value is -0.300. The summed E-state index contributed by atoms with van der Waals surface area (Å²) in [5.74, 6) is 2.51. The molecule has 1 heteroatoms. The van der Waals surface area contributed by atoms with E-state index in [-0.39, 0.29) is 0 Å². The molecule has 3 aliphatic rings. The predicted molar refractivity (Wildman–Crippen MR) is 97.8 cm³/mol. The normalized spacial score (nSPS) is 24.6. The van der Waals surface area contributed by atoms with Crippen LogP contribution in [0, 0.1) is 0 Å². The monoisotopic (exact) mass is 360 g/mol. The van der Waals surface area contributed by atoms with E-state index in [1.54, 1.807) is 16.7 Å². The molecule has 0 N–H and O–H groups in total. The standard InChI is InChI=1S/C21H29Br/c22-21-19(16-9-3-4-10-16)13-18(15-7-1-2-8-15)14-20(21)17-11-5-6-12-17/h13-17H,1-12H2. The highest BCUT2D eigenvalue weighted by Crippen LogP contribution is 2.46. The topological polar surface area (TPSA) is 0 Å². The third-order valence-corrected chi connectivity index (χ3v) is 7.48. The van der Waals surface area contributed by atoms with Crippen LogP contribution in [0.1, 0.15) is 111 Å². The van der Waals surface area contributed by atoms with Gasteiger partial charge in [0.15, 0.2) is 0 Å². The third-order valence-electron chi connectivity index (χ3n) is 6.57. The molecule has 1 aromatic rings. The number of rotatable bonds is 3. The first kappa shape index (κ1) is 15.2. The highest BCUT2D eigenvalue weighted by Gasteiger charge is 2.28. The Labute approximate surface area is 144 Å². The van der Waals surface area contributed by atoms with Crippen molar-refractivity contribution >= 4 is 15.9 Å². The van der Waals surface area contributed by atoms with Gasteiger partial charge in [-0.25, -0.2) is 0 Å². The Balaban J connectivity index is 1.74. The number of hydrogen-bond donors (Lipinski definition) is 0.